The number of ether oxygens (including phenoxy) is 2. The summed E-state index contributed by atoms with van der Waals surface area (Å²) in [6.45, 7) is 1.84. The number of rotatable bonds is 3. The van der Waals surface area contributed by atoms with E-state index in [1.807, 2.05) is 19.1 Å². The molecule has 2 N–H and O–H groups in total. The number of carboxylic acids is 1. The zero-order valence-electron chi connectivity index (χ0n) is 12.3. The number of fused-ring (bicyclic) bond motifs is 2. The van der Waals surface area contributed by atoms with Gasteiger partial charge in [-0.3, -0.25) is 0 Å². The molecule has 1 aliphatic rings. The summed E-state index contributed by atoms with van der Waals surface area (Å²) < 4.78 is 11.4. The van der Waals surface area contributed by atoms with Crippen molar-refractivity contribution in [2.45, 2.75) is 18.9 Å². The first-order chi connectivity index (χ1) is 11.1. The van der Waals surface area contributed by atoms with Crippen LogP contribution in [0.1, 0.15) is 18.4 Å². The van der Waals surface area contributed by atoms with Crippen LogP contribution in [-0.2, 0) is 4.79 Å². The Morgan fingerprint density at radius 3 is 3.04 bits per heavy atom. The molecule has 3 heterocycles. The summed E-state index contributed by atoms with van der Waals surface area (Å²) in [7, 11) is 0. The number of benzene rings is 1. The molecule has 0 saturated heterocycles. The Hall–Kier alpha value is -3.02. The van der Waals surface area contributed by atoms with Crippen LogP contribution in [0.5, 0.6) is 17.2 Å². The summed E-state index contributed by atoms with van der Waals surface area (Å²) in [6, 6.07) is 9.05. The van der Waals surface area contributed by atoms with Gasteiger partial charge in [0, 0.05) is 23.9 Å². The lowest BCUT2D eigenvalue weighted by Gasteiger charge is -2.09. The normalized spacial score (nSPS) is 19.3. The van der Waals surface area contributed by atoms with Crippen LogP contribution in [0.4, 0.5) is 0 Å². The van der Waals surface area contributed by atoms with Gasteiger partial charge in [-0.05, 0) is 30.3 Å². The molecule has 2 aromatic heterocycles. The summed E-state index contributed by atoms with van der Waals surface area (Å²) in [4.78, 5) is 18.5. The Kier molecular flexibility index (Phi) is 2.97. The third kappa shape index (κ3) is 2.19. The van der Waals surface area contributed by atoms with Gasteiger partial charge in [-0.25, -0.2) is 9.78 Å². The Morgan fingerprint density at radius 1 is 1.35 bits per heavy atom. The van der Waals surface area contributed by atoms with E-state index in [2.05, 4.69) is 9.97 Å². The molecule has 2 atom stereocenters. The molecule has 0 spiro atoms. The highest BCUT2D eigenvalue weighted by Gasteiger charge is 2.36. The van der Waals surface area contributed by atoms with Crippen molar-refractivity contribution in [3.05, 3.63) is 48.3 Å². The standard InChI is InChI=1S/C17H14N2O4/c1-9-12-8-10(2-3-13(12)23-15(9)17(20)21)22-14-5-7-19-16-11(14)4-6-18-16/h2-9,15H,1H3,(H,18,19)(H,20,21). The molecule has 6 heteroatoms. The molecule has 0 radical (unpaired) electrons. The number of aliphatic carboxylic acids is 1. The first-order valence-corrected chi connectivity index (χ1v) is 7.27. The zero-order valence-corrected chi connectivity index (χ0v) is 12.3. The molecule has 0 aliphatic carbocycles. The molecule has 2 unspecified atom stereocenters. The molecule has 3 aromatic rings. The average Bonchev–Trinajstić information content (AvgIpc) is 3.13. The van der Waals surface area contributed by atoms with Crippen molar-refractivity contribution < 1.29 is 19.4 Å². The van der Waals surface area contributed by atoms with Crippen molar-refractivity contribution in [1.82, 2.24) is 9.97 Å². The van der Waals surface area contributed by atoms with Crippen molar-refractivity contribution in [3.8, 4) is 17.2 Å². The smallest absolute Gasteiger partial charge is 0.345 e. The van der Waals surface area contributed by atoms with Gasteiger partial charge in [0.2, 0.25) is 6.10 Å². The van der Waals surface area contributed by atoms with E-state index in [-0.39, 0.29) is 5.92 Å². The van der Waals surface area contributed by atoms with E-state index in [4.69, 9.17) is 9.47 Å². The van der Waals surface area contributed by atoms with Gasteiger partial charge < -0.3 is 19.6 Å². The Labute approximate surface area is 131 Å². The number of hydrogen-bond acceptors (Lipinski definition) is 4. The zero-order chi connectivity index (χ0) is 16.0. The second-order valence-electron chi connectivity index (χ2n) is 5.52. The third-order valence-electron chi connectivity index (χ3n) is 4.07. The van der Waals surface area contributed by atoms with Crippen LogP contribution < -0.4 is 9.47 Å². The molecule has 0 bridgehead atoms. The second-order valence-corrected chi connectivity index (χ2v) is 5.52. The molecule has 6 nitrogen and oxygen atoms in total. The fourth-order valence-electron chi connectivity index (χ4n) is 2.87. The number of pyridine rings is 1. The number of nitrogens with one attached hydrogen (secondary N) is 1. The van der Waals surface area contributed by atoms with Crippen LogP contribution in [0.25, 0.3) is 11.0 Å². The number of carboxylic acid groups (broad SMARTS) is 1. The van der Waals surface area contributed by atoms with E-state index in [1.54, 1.807) is 30.6 Å². The first kappa shape index (κ1) is 13.6. The van der Waals surface area contributed by atoms with Crippen molar-refractivity contribution >= 4 is 17.0 Å². The van der Waals surface area contributed by atoms with E-state index in [0.29, 0.717) is 17.2 Å². The van der Waals surface area contributed by atoms with Gasteiger partial charge in [0.1, 0.15) is 22.9 Å². The quantitative estimate of drug-likeness (QED) is 0.775. The van der Waals surface area contributed by atoms with Crippen LogP contribution in [0, 0.1) is 0 Å². The Balaban J connectivity index is 1.68. The lowest BCUT2D eigenvalue weighted by Crippen LogP contribution is -2.27. The summed E-state index contributed by atoms with van der Waals surface area (Å²) in [5.41, 5.74) is 1.60. The minimum absolute atomic E-state index is 0.226. The maximum atomic E-state index is 11.2. The monoisotopic (exact) mass is 310 g/mol. The largest absolute Gasteiger partial charge is 0.478 e. The van der Waals surface area contributed by atoms with Gasteiger partial charge in [0.25, 0.3) is 0 Å². The summed E-state index contributed by atoms with van der Waals surface area (Å²) >= 11 is 0. The van der Waals surface area contributed by atoms with Crippen LogP contribution >= 0.6 is 0 Å². The molecular weight excluding hydrogens is 296 g/mol. The van der Waals surface area contributed by atoms with Crippen LogP contribution in [0.2, 0.25) is 0 Å². The number of aromatic amines is 1. The number of aromatic nitrogens is 2. The number of carbonyl (C=O) groups is 1. The average molecular weight is 310 g/mol. The lowest BCUT2D eigenvalue weighted by molar-refractivity contribution is -0.144. The first-order valence-electron chi connectivity index (χ1n) is 7.27. The van der Waals surface area contributed by atoms with E-state index < -0.39 is 12.1 Å². The lowest BCUT2D eigenvalue weighted by atomic mass is 9.97. The maximum absolute atomic E-state index is 11.2. The fraction of sp³-hybridized carbons (Fsp3) is 0.176. The predicted octanol–water partition coefficient (Wildman–Crippen LogP) is 3.30. The highest BCUT2D eigenvalue weighted by molar-refractivity contribution is 5.82. The van der Waals surface area contributed by atoms with Crippen molar-refractivity contribution in [2.75, 3.05) is 0 Å². The van der Waals surface area contributed by atoms with E-state index in [1.165, 1.54) is 0 Å². The molecule has 116 valence electrons. The van der Waals surface area contributed by atoms with E-state index in [9.17, 15) is 9.90 Å². The van der Waals surface area contributed by atoms with Crippen LogP contribution in [0.3, 0.4) is 0 Å². The fourth-order valence-corrected chi connectivity index (χ4v) is 2.87. The molecule has 1 aromatic carbocycles. The van der Waals surface area contributed by atoms with Gasteiger partial charge >= 0.3 is 5.97 Å². The molecular formula is C17H14N2O4. The van der Waals surface area contributed by atoms with Gasteiger partial charge in [0.15, 0.2) is 0 Å². The number of nitrogens with zero attached hydrogens (tertiary/aromatic N) is 1. The highest BCUT2D eigenvalue weighted by Crippen LogP contribution is 2.41. The number of hydrogen-bond donors (Lipinski definition) is 2. The molecule has 4 rings (SSSR count). The molecule has 0 fully saturated rings. The van der Waals surface area contributed by atoms with Gasteiger partial charge in [0.05, 0.1) is 5.39 Å². The second kappa shape index (κ2) is 5.01. The Bertz CT molecular complexity index is 902. The number of H-pyrrole nitrogens is 1. The topological polar surface area (TPSA) is 84.4 Å². The Morgan fingerprint density at radius 2 is 2.22 bits per heavy atom. The van der Waals surface area contributed by atoms with Crippen molar-refractivity contribution in [3.63, 3.8) is 0 Å². The van der Waals surface area contributed by atoms with Crippen molar-refractivity contribution in [2.24, 2.45) is 0 Å². The highest BCUT2D eigenvalue weighted by atomic mass is 16.5. The van der Waals surface area contributed by atoms with E-state index >= 15 is 0 Å². The van der Waals surface area contributed by atoms with Crippen LogP contribution in [0.15, 0.2) is 42.7 Å². The minimum atomic E-state index is -0.959. The molecule has 1 aliphatic heterocycles. The maximum Gasteiger partial charge on any atom is 0.345 e. The molecule has 0 saturated carbocycles. The molecule has 0 amide bonds. The SMILES string of the molecule is CC1c2cc(Oc3ccnc4[nH]ccc34)ccc2OC1C(=O)O. The predicted molar refractivity (Wildman–Crippen MR) is 83.1 cm³/mol. The van der Waals surface area contributed by atoms with Gasteiger partial charge in [-0.15, -0.1) is 0 Å². The minimum Gasteiger partial charge on any atom is -0.478 e. The van der Waals surface area contributed by atoms with Gasteiger partial charge in [-0.1, -0.05) is 6.92 Å². The summed E-state index contributed by atoms with van der Waals surface area (Å²) in [5.74, 6) is 0.741. The molecule has 23 heavy (non-hydrogen) atoms. The van der Waals surface area contributed by atoms with E-state index in [0.717, 1.165) is 16.6 Å². The third-order valence-corrected chi connectivity index (χ3v) is 4.07. The van der Waals surface area contributed by atoms with Crippen molar-refractivity contribution in [1.29, 1.82) is 0 Å². The van der Waals surface area contributed by atoms with Gasteiger partial charge in [-0.2, -0.15) is 0 Å². The summed E-state index contributed by atoms with van der Waals surface area (Å²) in [5, 5.41) is 10.1. The summed E-state index contributed by atoms with van der Waals surface area (Å²) in [6.07, 6.45) is 2.63. The van der Waals surface area contributed by atoms with Crippen LogP contribution in [-0.4, -0.2) is 27.1 Å².